The van der Waals surface area contributed by atoms with Gasteiger partial charge in [-0.1, -0.05) is 24.3 Å². The Kier molecular flexibility index (Phi) is 3.69. The summed E-state index contributed by atoms with van der Waals surface area (Å²) in [7, 11) is 1.46. The van der Waals surface area contributed by atoms with Crippen molar-refractivity contribution in [1.82, 2.24) is 4.98 Å². The predicted molar refractivity (Wildman–Crippen MR) is 82.0 cm³/mol. The van der Waals surface area contributed by atoms with E-state index >= 15 is 0 Å². The van der Waals surface area contributed by atoms with E-state index in [-0.39, 0.29) is 11.6 Å². The molecule has 0 saturated heterocycles. The van der Waals surface area contributed by atoms with E-state index in [0.717, 1.165) is 22.2 Å². The third kappa shape index (κ3) is 2.79. The van der Waals surface area contributed by atoms with E-state index in [9.17, 15) is 4.39 Å². The van der Waals surface area contributed by atoms with Crippen molar-refractivity contribution in [1.29, 1.82) is 0 Å². The highest BCUT2D eigenvalue weighted by Crippen LogP contribution is 2.23. The van der Waals surface area contributed by atoms with Gasteiger partial charge in [0.25, 0.3) is 0 Å². The first-order valence-electron chi connectivity index (χ1n) is 6.68. The largest absolute Gasteiger partial charge is 0.494 e. The molecule has 0 radical (unpaired) electrons. The highest BCUT2D eigenvalue weighted by atomic mass is 19.1. The molecule has 0 aliphatic rings. The topological polar surface area (TPSA) is 34.1 Å². The Bertz CT molecular complexity index is 768. The van der Waals surface area contributed by atoms with E-state index in [0.29, 0.717) is 6.54 Å². The predicted octanol–water partition coefficient (Wildman–Crippen LogP) is 3.99. The Labute approximate surface area is 122 Å². The van der Waals surface area contributed by atoms with Crippen molar-refractivity contribution in [3.05, 3.63) is 66.1 Å². The first-order valence-corrected chi connectivity index (χ1v) is 6.68. The van der Waals surface area contributed by atoms with Crippen LogP contribution in [0.25, 0.3) is 10.9 Å². The van der Waals surface area contributed by atoms with Crippen LogP contribution in [0, 0.1) is 5.82 Å². The lowest BCUT2D eigenvalue weighted by Crippen LogP contribution is -2.01. The van der Waals surface area contributed by atoms with E-state index in [1.165, 1.54) is 13.2 Å². The van der Waals surface area contributed by atoms with Crippen molar-refractivity contribution < 1.29 is 9.13 Å². The summed E-state index contributed by atoms with van der Waals surface area (Å²) in [6.07, 6.45) is 1.78. The maximum Gasteiger partial charge on any atom is 0.165 e. The average molecular weight is 282 g/mol. The lowest BCUT2D eigenvalue weighted by Gasteiger charge is -2.10. The molecular formula is C17H15FN2O. The number of nitrogens with zero attached hydrogens (tertiary/aromatic N) is 1. The molecule has 2 aromatic carbocycles. The molecule has 0 fully saturated rings. The number of pyridine rings is 1. The number of fused-ring (bicyclic) bond motifs is 1. The van der Waals surface area contributed by atoms with Crippen molar-refractivity contribution in [3.63, 3.8) is 0 Å². The summed E-state index contributed by atoms with van der Waals surface area (Å²) in [6, 6.07) is 14.8. The smallest absolute Gasteiger partial charge is 0.165 e. The minimum Gasteiger partial charge on any atom is -0.494 e. The molecule has 106 valence electrons. The van der Waals surface area contributed by atoms with Crippen LogP contribution in [0.4, 0.5) is 10.1 Å². The third-order valence-corrected chi connectivity index (χ3v) is 3.35. The monoisotopic (exact) mass is 282 g/mol. The lowest BCUT2D eigenvalue weighted by molar-refractivity contribution is 0.387. The van der Waals surface area contributed by atoms with Gasteiger partial charge in [-0.15, -0.1) is 0 Å². The summed E-state index contributed by atoms with van der Waals surface area (Å²) >= 11 is 0. The Morgan fingerprint density at radius 3 is 2.86 bits per heavy atom. The number of para-hydroxylation sites is 1. The van der Waals surface area contributed by atoms with Gasteiger partial charge in [0.2, 0.25) is 0 Å². The van der Waals surface area contributed by atoms with Crippen molar-refractivity contribution in [3.8, 4) is 5.75 Å². The van der Waals surface area contributed by atoms with E-state index in [4.69, 9.17) is 4.74 Å². The molecule has 0 bridgehead atoms. The summed E-state index contributed by atoms with van der Waals surface area (Å²) in [5.74, 6) is -0.133. The maximum absolute atomic E-state index is 13.4. The van der Waals surface area contributed by atoms with E-state index < -0.39 is 0 Å². The number of methoxy groups -OCH3 is 1. The van der Waals surface area contributed by atoms with Gasteiger partial charge < -0.3 is 10.1 Å². The van der Waals surface area contributed by atoms with Gasteiger partial charge in [0.05, 0.1) is 12.6 Å². The first-order chi connectivity index (χ1) is 10.3. The molecule has 0 aliphatic carbocycles. The van der Waals surface area contributed by atoms with Gasteiger partial charge in [0.1, 0.15) is 0 Å². The van der Waals surface area contributed by atoms with Gasteiger partial charge in [0.15, 0.2) is 11.6 Å². The van der Waals surface area contributed by atoms with Crippen molar-refractivity contribution in [2.75, 3.05) is 12.4 Å². The minimum atomic E-state index is -0.366. The van der Waals surface area contributed by atoms with Gasteiger partial charge in [-0.05, 0) is 23.8 Å². The Morgan fingerprint density at radius 1 is 1.14 bits per heavy atom. The zero-order valence-electron chi connectivity index (χ0n) is 11.6. The van der Waals surface area contributed by atoms with Gasteiger partial charge in [-0.25, -0.2) is 4.39 Å². The summed E-state index contributed by atoms with van der Waals surface area (Å²) in [4.78, 5) is 4.42. The van der Waals surface area contributed by atoms with Crippen molar-refractivity contribution >= 4 is 16.6 Å². The fraction of sp³-hybridized carbons (Fsp3) is 0.118. The number of nitrogens with one attached hydrogen (secondary N) is 1. The van der Waals surface area contributed by atoms with Gasteiger partial charge in [-0.2, -0.15) is 0 Å². The molecule has 4 heteroatoms. The second-order valence-electron chi connectivity index (χ2n) is 4.70. The molecule has 1 N–H and O–H groups in total. The quantitative estimate of drug-likeness (QED) is 0.785. The first kappa shape index (κ1) is 13.4. The van der Waals surface area contributed by atoms with Gasteiger partial charge in [-0.3, -0.25) is 4.98 Å². The minimum absolute atomic E-state index is 0.232. The molecule has 0 spiro atoms. The molecule has 0 saturated carbocycles. The number of benzene rings is 2. The van der Waals surface area contributed by atoms with E-state index in [2.05, 4.69) is 10.3 Å². The second kappa shape index (κ2) is 5.79. The molecular weight excluding hydrogens is 267 g/mol. The van der Waals surface area contributed by atoms with Crippen LogP contribution in [0.2, 0.25) is 0 Å². The van der Waals surface area contributed by atoms with Crippen LogP contribution in [0.1, 0.15) is 5.56 Å². The van der Waals surface area contributed by atoms with E-state index in [1.807, 2.05) is 30.3 Å². The maximum atomic E-state index is 13.4. The molecule has 0 atom stereocenters. The molecule has 21 heavy (non-hydrogen) atoms. The fourth-order valence-electron chi connectivity index (χ4n) is 2.28. The standard InChI is InChI=1S/C17H15FN2O/c1-21-16-10-14(7-8-15(16)18)20-11-13-5-2-4-12-6-3-9-19-17(12)13/h2-10,20H,11H2,1H3. The summed E-state index contributed by atoms with van der Waals surface area (Å²) in [5.41, 5.74) is 2.87. The zero-order chi connectivity index (χ0) is 14.7. The number of hydrogen-bond donors (Lipinski definition) is 1. The highest BCUT2D eigenvalue weighted by molar-refractivity contribution is 5.81. The molecule has 3 aromatic rings. The number of hydrogen-bond acceptors (Lipinski definition) is 3. The summed E-state index contributed by atoms with van der Waals surface area (Å²) in [5, 5.41) is 4.37. The van der Waals surface area contributed by atoms with Crippen LogP contribution in [0.3, 0.4) is 0 Å². The molecule has 0 unspecified atom stereocenters. The van der Waals surface area contributed by atoms with Crippen molar-refractivity contribution in [2.45, 2.75) is 6.54 Å². The average Bonchev–Trinajstić information content (AvgIpc) is 2.54. The van der Waals surface area contributed by atoms with Crippen LogP contribution < -0.4 is 10.1 Å². The van der Waals surface area contributed by atoms with Crippen molar-refractivity contribution in [2.24, 2.45) is 0 Å². The zero-order valence-corrected chi connectivity index (χ0v) is 11.6. The van der Waals surface area contributed by atoms with Crippen LogP contribution in [0.5, 0.6) is 5.75 Å². The number of halogens is 1. The van der Waals surface area contributed by atoms with Gasteiger partial charge in [0, 0.05) is 29.9 Å². The summed E-state index contributed by atoms with van der Waals surface area (Å²) < 4.78 is 18.4. The molecule has 1 aromatic heterocycles. The number of anilines is 1. The van der Waals surface area contributed by atoms with Gasteiger partial charge >= 0.3 is 0 Å². The summed E-state index contributed by atoms with van der Waals surface area (Å²) in [6.45, 7) is 0.614. The molecule has 1 heterocycles. The number of rotatable bonds is 4. The fourth-order valence-corrected chi connectivity index (χ4v) is 2.28. The normalized spacial score (nSPS) is 10.6. The molecule has 0 amide bonds. The van der Waals surface area contributed by atoms with Crippen LogP contribution >= 0.6 is 0 Å². The van der Waals surface area contributed by atoms with E-state index in [1.54, 1.807) is 18.3 Å². The number of ether oxygens (including phenoxy) is 1. The van der Waals surface area contributed by atoms with Crippen LogP contribution in [-0.2, 0) is 6.54 Å². The third-order valence-electron chi connectivity index (χ3n) is 3.35. The van der Waals surface area contributed by atoms with Crippen LogP contribution in [0.15, 0.2) is 54.7 Å². The van der Waals surface area contributed by atoms with Crippen LogP contribution in [-0.4, -0.2) is 12.1 Å². The molecule has 3 rings (SSSR count). The SMILES string of the molecule is COc1cc(NCc2cccc3cccnc23)ccc1F. The highest BCUT2D eigenvalue weighted by Gasteiger charge is 2.05. The number of aromatic nitrogens is 1. The Hall–Kier alpha value is -2.62. The Morgan fingerprint density at radius 2 is 2.00 bits per heavy atom. The molecule has 0 aliphatic heterocycles. The second-order valence-corrected chi connectivity index (χ2v) is 4.70. The molecule has 3 nitrogen and oxygen atoms in total. The lowest BCUT2D eigenvalue weighted by atomic mass is 10.1. The Balaban J connectivity index is 1.83.